The SMILES string of the molecule is OC(CNCC1CC1)COC1CCCCC1. The van der Waals surface area contributed by atoms with Gasteiger partial charge >= 0.3 is 0 Å². The number of hydrogen-bond acceptors (Lipinski definition) is 3. The van der Waals surface area contributed by atoms with Crippen molar-refractivity contribution in [3.63, 3.8) is 0 Å². The summed E-state index contributed by atoms with van der Waals surface area (Å²) in [7, 11) is 0. The zero-order chi connectivity index (χ0) is 11.2. The normalized spacial score (nSPS) is 24.6. The number of ether oxygens (including phenoxy) is 1. The molecule has 16 heavy (non-hydrogen) atoms. The van der Waals surface area contributed by atoms with Crippen LogP contribution in [0.2, 0.25) is 0 Å². The Labute approximate surface area is 98.6 Å². The third kappa shape index (κ3) is 4.81. The summed E-state index contributed by atoms with van der Waals surface area (Å²) in [6, 6.07) is 0. The maximum absolute atomic E-state index is 9.73. The Bertz CT molecular complexity index is 188. The maximum atomic E-state index is 9.73. The van der Waals surface area contributed by atoms with Crippen molar-refractivity contribution in [3.8, 4) is 0 Å². The first-order chi connectivity index (χ1) is 7.84. The molecule has 1 unspecified atom stereocenters. The van der Waals surface area contributed by atoms with Crippen molar-refractivity contribution >= 4 is 0 Å². The second kappa shape index (κ2) is 6.58. The molecule has 3 heteroatoms. The van der Waals surface area contributed by atoms with Gasteiger partial charge in [-0.25, -0.2) is 0 Å². The number of aliphatic hydroxyl groups is 1. The van der Waals surface area contributed by atoms with Crippen molar-refractivity contribution in [1.82, 2.24) is 5.32 Å². The van der Waals surface area contributed by atoms with Gasteiger partial charge < -0.3 is 15.2 Å². The highest BCUT2D eigenvalue weighted by Crippen LogP contribution is 2.27. The molecule has 0 amide bonds. The van der Waals surface area contributed by atoms with Crippen LogP contribution in [0.25, 0.3) is 0 Å². The maximum Gasteiger partial charge on any atom is 0.0897 e. The fourth-order valence-electron chi connectivity index (χ4n) is 2.31. The van der Waals surface area contributed by atoms with Crippen molar-refractivity contribution in [2.24, 2.45) is 5.92 Å². The Balaban J connectivity index is 1.46. The van der Waals surface area contributed by atoms with Gasteiger partial charge in [0.25, 0.3) is 0 Å². The highest BCUT2D eigenvalue weighted by atomic mass is 16.5. The van der Waals surface area contributed by atoms with E-state index in [2.05, 4.69) is 5.32 Å². The lowest BCUT2D eigenvalue weighted by atomic mass is 9.98. The van der Waals surface area contributed by atoms with Crippen LogP contribution in [0.1, 0.15) is 44.9 Å². The number of rotatable bonds is 7. The topological polar surface area (TPSA) is 41.5 Å². The summed E-state index contributed by atoms with van der Waals surface area (Å²) in [6.07, 6.45) is 9.10. The lowest BCUT2D eigenvalue weighted by Gasteiger charge is -2.23. The van der Waals surface area contributed by atoms with Gasteiger partial charge in [-0.05, 0) is 38.1 Å². The first-order valence-electron chi connectivity index (χ1n) is 6.85. The Morgan fingerprint density at radius 2 is 1.88 bits per heavy atom. The molecule has 2 aliphatic carbocycles. The summed E-state index contributed by atoms with van der Waals surface area (Å²) in [5, 5.41) is 13.0. The van der Waals surface area contributed by atoms with E-state index >= 15 is 0 Å². The predicted molar refractivity (Wildman–Crippen MR) is 64.4 cm³/mol. The number of nitrogens with one attached hydrogen (secondary N) is 1. The molecular formula is C13H25NO2. The van der Waals surface area contributed by atoms with E-state index in [0.717, 1.165) is 12.5 Å². The molecule has 1 atom stereocenters. The zero-order valence-corrected chi connectivity index (χ0v) is 10.2. The van der Waals surface area contributed by atoms with E-state index in [4.69, 9.17) is 4.74 Å². The average Bonchev–Trinajstić information content (AvgIpc) is 3.12. The highest BCUT2D eigenvalue weighted by Gasteiger charge is 2.21. The van der Waals surface area contributed by atoms with Gasteiger partial charge in [-0.3, -0.25) is 0 Å². The summed E-state index contributed by atoms with van der Waals surface area (Å²) in [5.74, 6) is 0.881. The molecule has 0 heterocycles. The monoisotopic (exact) mass is 227 g/mol. The van der Waals surface area contributed by atoms with Crippen LogP contribution in [0.5, 0.6) is 0 Å². The highest BCUT2D eigenvalue weighted by molar-refractivity contribution is 4.76. The summed E-state index contributed by atoms with van der Waals surface area (Å²) >= 11 is 0. The minimum atomic E-state index is -0.333. The van der Waals surface area contributed by atoms with E-state index < -0.39 is 0 Å². The second-order valence-electron chi connectivity index (χ2n) is 5.35. The van der Waals surface area contributed by atoms with Crippen LogP contribution in [0, 0.1) is 5.92 Å². The van der Waals surface area contributed by atoms with Gasteiger partial charge in [0.2, 0.25) is 0 Å². The van der Waals surface area contributed by atoms with Gasteiger partial charge in [0.15, 0.2) is 0 Å². The first kappa shape index (κ1) is 12.3. The molecule has 94 valence electrons. The van der Waals surface area contributed by atoms with Crippen molar-refractivity contribution < 1.29 is 9.84 Å². The molecule has 0 aliphatic heterocycles. The molecular weight excluding hydrogens is 202 g/mol. The fraction of sp³-hybridized carbons (Fsp3) is 1.00. The minimum Gasteiger partial charge on any atom is -0.389 e. The van der Waals surface area contributed by atoms with Gasteiger partial charge in [0.05, 0.1) is 18.8 Å². The van der Waals surface area contributed by atoms with Crippen LogP contribution < -0.4 is 5.32 Å². The molecule has 0 aromatic carbocycles. The molecule has 2 aliphatic rings. The van der Waals surface area contributed by atoms with E-state index in [9.17, 15) is 5.11 Å². The predicted octanol–water partition coefficient (Wildman–Crippen LogP) is 1.70. The molecule has 0 spiro atoms. The number of aliphatic hydroxyl groups excluding tert-OH is 1. The van der Waals surface area contributed by atoms with E-state index in [1.54, 1.807) is 0 Å². The van der Waals surface area contributed by atoms with Crippen LogP contribution in [0.3, 0.4) is 0 Å². The van der Waals surface area contributed by atoms with E-state index in [1.165, 1.54) is 44.9 Å². The Kier molecular flexibility index (Phi) is 5.07. The molecule has 0 saturated heterocycles. The van der Waals surface area contributed by atoms with Crippen molar-refractivity contribution in [2.45, 2.75) is 57.2 Å². The standard InChI is InChI=1S/C13H25NO2/c15-12(9-14-8-11-6-7-11)10-16-13-4-2-1-3-5-13/h11-15H,1-10H2. The summed E-state index contributed by atoms with van der Waals surface area (Å²) in [5.41, 5.74) is 0. The molecule has 0 bridgehead atoms. The minimum absolute atomic E-state index is 0.333. The van der Waals surface area contributed by atoms with Crippen LogP contribution >= 0.6 is 0 Å². The lowest BCUT2D eigenvalue weighted by Crippen LogP contribution is -2.33. The van der Waals surface area contributed by atoms with Crippen LogP contribution in [0.15, 0.2) is 0 Å². The van der Waals surface area contributed by atoms with Gasteiger partial charge in [0, 0.05) is 6.54 Å². The van der Waals surface area contributed by atoms with Crippen LogP contribution in [-0.4, -0.2) is 37.0 Å². The fourth-order valence-corrected chi connectivity index (χ4v) is 2.31. The molecule has 2 N–H and O–H groups in total. The zero-order valence-electron chi connectivity index (χ0n) is 10.2. The van der Waals surface area contributed by atoms with Crippen LogP contribution in [0.4, 0.5) is 0 Å². The van der Waals surface area contributed by atoms with Gasteiger partial charge in [0.1, 0.15) is 0 Å². The summed E-state index contributed by atoms with van der Waals surface area (Å²) in [6.45, 7) is 2.26. The average molecular weight is 227 g/mol. The quantitative estimate of drug-likeness (QED) is 0.695. The lowest BCUT2D eigenvalue weighted by molar-refractivity contribution is -0.0229. The molecule has 2 fully saturated rings. The largest absolute Gasteiger partial charge is 0.389 e. The molecule has 2 rings (SSSR count). The van der Waals surface area contributed by atoms with Gasteiger partial charge in [-0.15, -0.1) is 0 Å². The van der Waals surface area contributed by atoms with Crippen molar-refractivity contribution in [3.05, 3.63) is 0 Å². The smallest absolute Gasteiger partial charge is 0.0897 e. The number of hydrogen-bond donors (Lipinski definition) is 2. The van der Waals surface area contributed by atoms with Gasteiger partial charge in [-0.1, -0.05) is 19.3 Å². The Morgan fingerprint density at radius 3 is 2.56 bits per heavy atom. The third-order valence-electron chi connectivity index (χ3n) is 3.59. The Morgan fingerprint density at radius 1 is 1.12 bits per heavy atom. The Hall–Kier alpha value is -0.120. The third-order valence-corrected chi connectivity index (χ3v) is 3.59. The van der Waals surface area contributed by atoms with Crippen molar-refractivity contribution in [2.75, 3.05) is 19.7 Å². The van der Waals surface area contributed by atoms with E-state index in [1.807, 2.05) is 0 Å². The molecule has 2 saturated carbocycles. The van der Waals surface area contributed by atoms with Gasteiger partial charge in [-0.2, -0.15) is 0 Å². The molecule has 0 radical (unpaired) electrons. The molecule has 0 aromatic rings. The first-order valence-corrected chi connectivity index (χ1v) is 6.85. The van der Waals surface area contributed by atoms with E-state index in [0.29, 0.717) is 19.3 Å². The molecule has 3 nitrogen and oxygen atoms in total. The molecule has 0 aromatic heterocycles. The second-order valence-corrected chi connectivity index (χ2v) is 5.35. The summed E-state index contributed by atoms with van der Waals surface area (Å²) in [4.78, 5) is 0. The van der Waals surface area contributed by atoms with Crippen LogP contribution in [-0.2, 0) is 4.74 Å². The summed E-state index contributed by atoms with van der Waals surface area (Å²) < 4.78 is 5.73. The van der Waals surface area contributed by atoms with Crippen molar-refractivity contribution in [1.29, 1.82) is 0 Å². The van der Waals surface area contributed by atoms with E-state index in [-0.39, 0.29) is 6.10 Å².